The molecule has 0 aliphatic heterocycles. The lowest BCUT2D eigenvalue weighted by Crippen LogP contribution is -1.89. The molecule has 8 heteroatoms. The molecule has 184 valence electrons. The number of rotatable bonds is 8. The zero-order valence-electron chi connectivity index (χ0n) is 20.1. The van der Waals surface area contributed by atoms with Crippen LogP contribution >= 0.6 is 0 Å². The fourth-order valence-corrected chi connectivity index (χ4v) is 3.56. The summed E-state index contributed by atoms with van der Waals surface area (Å²) in [5, 5.41) is 0. The third kappa shape index (κ3) is 8.26. The van der Waals surface area contributed by atoms with Gasteiger partial charge in [-0.3, -0.25) is 0 Å². The summed E-state index contributed by atoms with van der Waals surface area (Å²) in [5.74, 6) is 0. The Morgan fingerprint density at radius 1 is 0.421 bits per heavy atom. The number of isocyanates is 4. The van der Waals surface area contributed by atoms with Crippen LogP contribution in [0.3, 0.4) is 0 Å². The molecule has 0 unspecified atom stereocenters. The largest absolute Gasteiger partial charge is 0.240 e. The van der Waals surface area contributed by atoms with E-state index >= 15 is 0 Å². The molecule has 38 heavy (non-hydrogen) atoms. The first-order chi connectivity index (χ1) is 18.7. The van der Waals surface area contributed by atoms with Crippen molar-refractivity contribution in [3.05, 3.63) is 119 Å². The average Bonchev–Trinajstić information content (AvgIpc) is 2.94. The Morgan fingerprint density at radius 3 is 1.16 bits per heavy atom. The van der Waals surface area contributed by atoms with Crippen LogP contribution in [-0.2, 0) is 32.0 Å². The Hall–Kier alpha value is -5.60. The van der Waals surface area contributed by atoms with Gasteiger partial charge in [0, 0.05) is 6.42 Å². The highest BCUT2D eigenvalue weighted by Gasteiger charge is 2.06. The van der Waals surface area contributed by atoms with Gasteiger partial charge in [-0.2, -0.15) is 20.0 Å². The third-order valence-electron chi connectivity index (χ3n) is 5.33. The molecule has 8 nitrogen and oxygen atoms in total. The Kier molecular flexibility index (Phi) is 10.5. The summed E-state index contributed by atoms with van der Waals surface area (Å²) in [7, 11) is 0. The Balaban J connectivity index is 0.000000211. The van der Waals surface area contributed by atoms with Gasteiger partial charge in [0.25, 0.3) is 0 Å². The summed E-state index contributed by atoms with van der Waals surface area (Å²) >= 11 is 0. The van der Waals surface area contributed by atoms with Gasteiger partial charge in [-0.15, -0.1) is 0 Å². The van der Waals surface area contributed by atoms with Crippen molar-refractivity contribution in [2.45, 2.75) is 12.8 Å². The SMILES string of the molecule is O=C=Nc1ccc(Cc2ccc(N=C=O)cc2)cc1.O=C=Nc1ccccc1Cc1ccccc1N=C=O. The first-order valence-electron chi connectivity index (χ1n) is 11.3. The van der Waals surface area contributed by atoms with Gasteiger partial charge in [-0.05, 0) is 65.1 Å². The minimum absolute atomic E-state index is 0.530. The number of para-hydroxylation sites is 2. The Morgan fingerprint density at radius 2 is 0.789 bits per heavy atom. The van der Waals surface area contributed by atoms with Gasteiger partial charge in [0.1, 0.15) is 0 Å². The molecule has 0 aliphatic rings. The van der Waals surface area contributed by atoms with Gasteiger partial charge in [-0.1, -0.05) is 60.7 Å². The summed E-state index contributed by atoms with van der Waals surface area (Å²) < 4.78 is 0. The second-order valence-corrected chi connectivity index (χ2v) is 7.76. The van der Waals surface area contributed by atoms with Crippen LogP contribution in [0.4, 0.5) is 22.7 Å². The predicted molar refractivity (Wildman–Crippen MR) is 143 cm³/mol. The zero-order chi connectivity index (χ0) is 27.0. The minimum atomic E-state index is 0.530. The van der Waals surface area contributed by atoms with Crippen molar-refractivity contribution in [2.75, 3.05) is 0 Å². The van der Waals surface area contributed by atoms with E-state index in [1.165, 1.54) is 24.3 Å². The molecule has 0 aromatic heterocycles. The number of carbonyl (C=O) groups excluding carboxylic acids is 4. The molecule has 4 rings (SSSR count). The summed E-state index contributed by atoms with van der Waals surface area (Å²) in [6, 6.07) is 29.3. The molecule has 0 saturated carbocycles. The van der Waals surface area contributed by atoms with E-state index in [0.29, 0.717) is 29.2 Å². The van der Waals surface area contributed by atoms with Crippen LogP contribution in [-0.4, -0.2) is 24.3 Å². The molecule has 0 amide bonds. The Bertz CT molecular complexity index is 1450. The fraction of sp³-hybridized carbons (Fsp3) is 0.0667. The molecule has 0 spiro atoms. The van der Waals surface area contributed by atoms with Crippen molar-refractivity contribution in [3.8, 4) is 0 Å². The molecular weight excluding hydrogens is 480 g/mol. The van der Waals surface area contributed by atoms with Crippen molar-refractivity contribution in [1.82, 2.24) is 0 Å². The second-order valence-electron chi connectivity index (χ2n) is 7.76. The van der Waals surface area contributed by atoms with Gasteiger partial charge in [-0.25, -0.2) is 19.2 Å². The molecule has 0 aliphatic carbocycles. The monoisotopic (exact) mass is 500 g/mol. The van der Waals surface area contributed by atoms with E-state index in [2.05, 4.69) is 20.0 Å². The molecule has 0 N–H and O–H groups in total. The van der Waals surface area contributed by atoms with Crippen LogP contribution in [0.2, 0.25) is 0 Å². The fourth-order valence-electron chi connectivity index (χ4n) is 3.56. The van der Waals surface area contributed by atoms with E-state index in [4.69, 9.17) is 0 Å². The highest BCUT2D eigenvalue weighted by molar-refractivity contribution is 5.59. The highest BCUT2D eigenvalue weighted by atomic mass is 16.1. The van der Waals surface area contributed by atoms with Crippen LogP contribution in [0, 0.1) is 0 Å². The summed E-state index contributed by atoms with van der Waals surface area (Å²) in [6.45, 7) is 0. The lowest BCUT2D eigenvalue weighted by atomic mass is 10.0. The maximum Gasteiger partial charge on any atom is 0.240 e. The Labute approximate surface area is 218 Å². The van der Waals surface area contributed by atoms with Crippen LogP contribution in [0.5, 0.6) is 0 Å². The van der Waals surface area contributed by atoms with Crippen LogP contribution in [0.25, 0.3) is 0 Å². The lowest BCUT2D eigenvalue weighted by molar-refractivity contribution is 0.564. The van der Waals surface area contributed by atoms with Gasteiger partial charge in [0.2, 0.25) is 24.3 Å². The average molecular weight is 501 g/mol. The van der Waals surface area contributed by atoms with Crippen molar-refractivity contribution in [3.63, 3.8) is 0 Å². The van der Waals surface area contributed by atoms with Gasteiger partial charge >= 0.3 is 0 Å². The van der Waals surface area contributed by atoms with E-state index in [-0.39, 0.29) is 0 Å². The molecule has 0 saturated heterocycles. The maximum absolute atomic E-state index is 10.4. The molecule has 0 fully saturated rings. The summed E-state index contributed by atoms with van der Waals surface area (Å²) in [6.07, 6.45) is 7.38. The number of aliphatic imine (C=N–C) groups is 4. The van der Waals surface area contributed by atoms with Crippen molar-refractivity contribution in [2.24, 2.45) is 20.0 Å². The van der Waals surface area contributed by atoms with Crippen molar-refractivity contribution >= 4 is 47.1 Å². The molecule has 0 bridgehead atoms. The smallest absolute Gasteiger partial charge is 0.211 e. The number of benzene rings is 4. The number of hydrogen-bond acceptors (Lipinski definition) is 8. The quantitative estimate of drug-likeness (QED) is 0.205. The highest BCUT2D eigenvalue weighted by Crippen LogP contribution is 2.26. The van der Waals surface area contributed by atoms with E-state index in [1.54, 1.807) is 48.5 Å². The van der Waals surface area contributed by atoms with Gasteiger partial charge in [0.05, 0.1) is 22.7 Å². The molecular formula is C30H20N4O4. The van der Waals surface area contributed by atoms with Crippen LogP contribution < -0.4 is 0 Å². The normalized spacial score (nSPS) is 9.26. The first-order valence-corrected chi connectivity index (χ1v) is 11.3. The summed E-state index contributed by atoms with van der Waals surface area (Å²) in [5.41, 5.74) is 6.29. The minimum Gasteiger partial charge on any atom is -0.211 e. The van der Waals surface area contributed by atoms with E-state index in [0.717, 1.165) is 28.7 Å². The molecule has 0 radical (unpaired) electrons. The van der Waals surface area contributed by atoms with E-state index in [9.17, 15) is 19.2 Å². The van der Waals surface area contributed by atoms with Crippen LogP contribution in [0.1, 0.15) is 22.3 Å². The zero-order valence-corrected chi connectivity index (χ0v) is 20.1. The molecule has 0 heterocycles. The van der Waals surface area contributed by atoms with Crippen molar-refractivity contribution < 1.29 is 19.2 Å². The molecule has 4 aromatic carbocycles. The predicted octanol–water partition coefficient (Wildman–Crippen LogP) is 6.42. The molecule has 0 atom stereocenters. The first kappa shape index (κ1) is 27.0. The second kappa shape index (κ2) is 14.7. The topological polar surface area (TPSA) is 118 Å². The maximum atomic E-state index is 10.4. The van der Waals surface area contributed by atoms with Gasteiger partial charge < -0.3 is 0 Å². The van der Waals surface area contributed by atoms with Crippen LogP contribution in [0.15, 0.2) is 117 Å². The number of hydrogen-bond donors (Lipinski definition) is 0. The number of nitrogens with zero attached hydrogens (tertiary/aromatic N) is 4. The third-order valence-corrected chi connectivity index (χ3v) is 5.33. The lowest BCUT2D eigenvalue weighted by Gasteiger charge is -2.06. The van der Waals surface area contributed by atoms with Crippen molar-refractivity contribution in [1.29, 1.82) is 0 Å². The van der Waals surface area contributed by atoms with Gasteiger partial charge in [0.15, 0.2) is 0 Å². The molecule has 4 aromatic rings. The standard InChI is InChI=1S/2C15H10N2O2/c18-10-16-14-5-1-12(2-6-14)9-13-3-7-15(8-4-13)17-11-19;18-10-16-14-7-3-1-5-12(14)9-13-6-2-4-8-15(13)17-11-19/h2*1-8H,9H2. The van der Waals surface area contributed by atoms with E-state index < -0.39 is 0 Å². The van der Waals surface area contributed by atoms with E-state index in [1.807, 2.05) is 48.5 Å². The summed E-state index contributed by atoms with van der Waals surface area (Å²) in [4.78, 5) is 55.4.